The monoisotopic (exact) mass is 340 g/mol. The van der Waals surface area contributed by atoms with Crippen LogP contribution in [0.1, 0.15) is 0 Å². The van der Waals surface area contributed by atoms with Crippen molar-refractivity contribution in [2.75, 3.05) is 0 Å². The smallest absolute Gasteiger partial charge is 0 e. The van der Waals surface area contributed by atoms with Crippen LogP contribution in [-0.4, -0.2) is 0 Å². The van der Waals surface area contributed by atoms with Crippen molar-refractivity contribution < 1.29 is 52.7 Å². The molecule has 6 heavy (non-hydrogen) atoms. The van der Waals surface area contributed by atoms with Gasteiger partial charge in [0.05, 0.1) is 0 Å². The van der Waals surface area contributed by atoms with Gasteiger partial charge >= 0.3 is 49.6 Å². The zero-order valence-electron chi connectivity index (χ0n) is 2.42. The maximum absolute atomic E-state index is 5.01. The van der Waals surface area contributed by atoms with Crippen LogP contribution in [0, 0.1) is 40.4 Å². The Bertz CT molecular complexity index is 23.0. The van der Waals surface area contributed by atoms with Crippen LogP contribution in [-0.2, 0) is 12.3 Å². The Balaban J connectivity index is 0. The molecule has 38 valence electrons. The SMILES string of the molecule is [Cl][Ti]([Cl])([Cl])[Cl].[Sm]. The Morgan fingerprint density at radius 1 is 0.833 bits per heavy atom. The second-order valence-electron chi connectivity index (χ2n) is 0.429. The van der Waals surface area contributed by atoms with Crippen LogP contribution < -0.4 is 0 Å². The fraction of sp³-hybridized carbons (Fsp3) is 0. The summed E-state index contributed by atoms with van der Waals surface area (Å²) < 4.78 is 0. The van der Waals surface area contributed by atoms with Crippen molar-refractivity contribution in [2.24, 2.45) is 0 Å². The van der Waals surface area contributed by atoms with Gasteiger partial charge in [-0.05, 0) is 0 Å². The summed E-state index contributed by atoms with van der Waals surface area (Å²) in [7, 11) is 20.1. The van der Waals surface area contributed by atoms with E-state index in [4.69, 9.17) is 37.2 Å². The van der Waals surface area contributed by atoms with Crippen LogP contribution in [0.25, 0.3) is 0 Å². The maximum Gasteiger partial charge on any atom is 0 e. The summed E-state index contributed by atoms with van der Waals surface area (Å²) in [5.41, 5.74) is 0. The molecule has 0 spiro atoms. The number of rotatable bonds is 0. The number of hydrogen-bond acceptors (Lipinski definition) is 0. The van der Waals surface area contributed by atoms with Gasteiger partial charge in [-0.3, -0.25) is 0 Å². The maximum atomic E-state index is 5.01. The normalized spacial score (nSPS) is 10.0. The standard InChI is InChI=1S/4ClH.Sm.Ti/h4*1H;;/q;;;;;+4/p-4. The number of halogens is 4. The predicted molar refractivity (Wildman–Crippen MR) is 23.4 cm³/mol. The summed E-state index contributed by atoms with van der Waals surface area (Å²) in [5, 5.41) is 0. The van der Waals surface area contributed by atoms with Crippen molar-refractivity contribution in [2.45, 2.75) is 0 Å². The fourth-order valence-electron chi connectivity index (χ4n) is 0. The summed E-state index contributed by atoms with van der Waals surface area (Å²) in [6.07, 6.45) is 0. The van der Waals surface area contributed by atoms with Crippen molar-refractivity contribution in [1.29, 1.82) is 0 Å². The molecular weight excluding hydrogens is 340 g/mol. The molecule has 0 radical (unpaired) electrons. The van der Waals surface area contributed by atoms with E-state index in [9.17, 15) is 0 Å². The summed E-state index contributed by atoms with van der Waals surface area (Å²) in [6.45, 7) is 0. The molecule has 0 nitrogen and oxygen atoms in total. The molecule has 0 bridgehead atoms. The molecule has 0 aliphatic rings. The van der Waals surface area contributed by atoms with Crippen LogP contribution in [0.3, 0.4) is 0 Å². The minimum absolute atomic E-state index is 0. The Morgan fingerprint density at radius 2 is 0.833 bits per heavy atom. The van der Waals surface area contributed by atoms with Gasteiger partial charge in [-0.15, -0.1) is 0 Å². The first-order valence-corrected chi connectivity index (χ1v) is 9.35. The van der Waals surface area contributed by atoms with E-state index < -0.39 is 12.3 Å². The van der Waals surface area contributed by atoms with Gasteiger partial charge in [0.25, 0.3) is 0 Å². The molecule has 0 atom stereocenters. The van der Waals surface area contributed by atoms with Crippen molar-refractivity contribution in [3.05, 3.63) is 0 Å². The van der Waals surface area contributed by atoms with Gasteiger partial charge in [0, 0.05) is 40.4 Å². The molecule has 0 N–H and O–H groups in total. The first-order valence-electron chi connectivity index (χ1n) is 0.756. The number of hydrogen-bond donors (Lipinski definition) is 0. The Kier molecular flexibility index (Phi) is 10.0. The van der Waals surface area contributed by atoms with E-state index in [0.29, 0.717) is 0 Å². The molecule has 0 saturated heterocycles. The average molecular weight is 340 g/mol. The van der Waals surface area contributed by atoms with Gasteiger partial charge < -0.3 is 0 Å². The molecule has 0 saturated carbocycles. The van der Waals surface area contributed by atoms with Gasteiger partial charge in [-0.25, -0.2) is 0 Å². The van der Waals surface area contributed by atoms with Gasteiger partial charge in [0.1, 0.15) is 0 Å². The van der Waals surface area contributed by atoms with Crippen molar-refractivity contribution in [3.63, 3.8) is 0 Å². The molecule has 0 aromatic heterocycles. The van der Waals surface area contributed by atoms with Crippen molar-refractivity contribution in [3.8, 4) is 0 Å². The first-order chi connectivity index (χ1) is 2.00. The summed E-state index contributed by atoms with van der Waals surface area (Å²) in [5.74, 6) is 0. The quantitative estimate of drug-likeness (QED) is 0.595. The second-order valence-corrected chi connectivity index (χ2v) is 15.9. The average Bonchev–Trinajstić information content (AvgIpc) is 0.722. The third kappa shape index (κ3) is 27.0. The molecule has 0 aromatic carbocycles. The van der Waals surface area contributed by atoms with Gasteiger partial charge in [0.15, 0.2) is 0 Å². The second kappa shape index (κ2) is 5.03. The van der Waals surface area contributed by atoms with Crippen molar-refractivity contribution >= 4 is 37.2 Å². The molecule has 0 aliphatic carbocycles. The third-order valence-electron chi connectivity index (χ3n) is 0. The molecule has 6 heteroatoms. The van der Waals surface area contributed by atoms with Gasteiger partial charge in [-0.1, -0.05) is 0 Å². The third-order valence-corrected chi connectivity index (χ3v) is 0. The van der Waals surface area contributed by atoms with Gasteiger partial charge in [-0.2, -0.15) is 0 Å². The molecule has 0 unspecified atom stereocenters. The molecule has 0 aliphatic heterocycles. The molecule has 0 rings (SSSR count). The minimum atomic E-state index is -3.11. The van der Waals surface area contributed by atoms with Crippen LogP contribution in [0.2, 0.25) is 0 Å². The molecule has 0 fully saturated rings. The van der Waals surface area contributed by atoms with Crippen LogP contribution in [0.4, 0.5) is 0 Å². The van der Waals surface area contributed by atoms with Crippen LogP contribution in [0.15, 0.2) is 0 Å². The zero-order valence-corrected chi connectivity index (χ0v) is 9.62. The molecule has 0 aromatic rings. The molecule has 0 heterocycles. The van der Waals surface area contributed by atoms with E-state index in [1.807, 2.05) is 0 Å². The summed E-state index contributed by atoms with van der Waals surface area (Å²) in [4.78, 5) is 0. The van der Waals surface area contributed by atoms with Crippen LogP contribution >= 0.6 is 37.2 Å². The topological polar surface area (TPSA) is 0 Å². The Labute approximate surface area is 87.8 Å². The molecular formula is Cl4SmTi. The largest absolute Gasteiger partial charge is 0 e. The predicted octanol–water partition coefficient (Wildman–Crippen LogP) is 2.76. The Morgan fingerprint density at radius 3 is 0.833 bits per heavy atom. The van der Waals surface area contributed by atoms with E-state index in [1.54, 1.807) is 0 Å². The summed E-state index contributed by atoms with van der Waals surface area (Å²) in [6, 6.07) is 0. The summed E-state index contributed by atoms with van der Waals surface area (Å²) >= 11 is -3.11. The van der Waals surface area contributed by atoms with Crippen molar-refractivity contribution in [1.82, 2.24) is 0 Å². The van der Waals surface area contributed by atoms with E-state index in [2.05, 4.69) is 0 Å². The molecule has 0 amide bonds. The zero-order chi connectivity index (χ0) is 4.50. The van der Waals surface area contributed by atoms with E-state index in [-0.39, 0.29) is 40.4 Å². The minimum Gasteiger partial charge on any atom is 0 e. The van der Waals surface area contributed by atoms with E-state index in [0.717, 1.165) is 0 Å². The van der Waals surface area contributed by atoms with E-state index >= 15 is 0 Å². The first kappa shape index (κ1) is 11.9. The fourth-order valence-corrected chi connectivity index (χ4v) is 0. The van der Waals surface area contributed by atoms with Gasteiger partial charge in [0.2, 0.25) is 0 Å². The van der Waals surface area contributed by atoms with E-state index in [1.165, 1.54) is 0 Å². The Hall–Kier alpha value is 3.21. The van der Waals surface area contributed by atoms with Crippen LogP contribution in [0.5, 0.6) is 0 Å².